The van der Waals surface area contributed by atoms with E-state index < -0.39 is 0 Å². The lowest BCUT2D eigenvalue weighted by atomic mass is 10.1. The van der Waals surface area contributed by atoms with E-state index in [1.807, 2.05) is 24.9 Å². The largest absolute Gasteiger partial charge is 0.368 e. The highest BCUT2D eigenvalue weighted by Gasteiger charge is 2.05. The molecule has 0 saturated heterocycles. The van der Waals surface area contributed by atoms with Crippen LogP contribution in [-0.2, 0) is 6.42 Å². The van der Waals surface area contributed by atoms with E-state index in [4.69, 9.17) is 5.73 Å². The van der Waals surface area contributed by atoms with Gasteiger partial charge >= 0.3 is 0 Å². The molecule has 0 spiro atoms. The maximum Gasteiger partial charge on any atom is 0.222 e. The smallest absolute Gasteiger partial charge is 0.222 e. The van der Waals surface area contributed by atoms with Gasteiger partial charge in [0.15, 0.2) is 0 Å². The first-order chi connectivity index (χ1) is 9.04. The standard InChI is InChI=1S/C14H17FN4/c1-10-9-13(18-14(16)17-10)19(2)8-7-11-3-5-12(15)6-4-11/h3-6,9H,7-8H2,1-2H3,(H2,16,17,18). The third-order valence-corrected chi connectivity index (χ3v) is 2.90. The van der Waals surface area contributed by atoms with Crippen molar-refractivity contribution in [3.63, 3.8) is 0 Å². The molecule has 4 nitrogen and oxygen atoms in total. The van der Waals surface area contributed by atoms with Crippen molar-refractivity contribution in [1.29, 1.82) is 0 Å². The summed E-state index contributed by atoms with van der Waals surface area (Å²) in [6.45, 7) is 2.66. The third-order valence-electron chi connectivity index (χ3n) is 2.90. The number of aromatic nitrogens is 2. The zero-order valence-electron chi connectivity index (χ0n) is 11.1. The number of nitrogen functional groups attached to an aromatic ring is 1. The molecular formula is C14H17FN4. The van der Waals surface area contributed by atoms with Crippen LogP contribution in [0.5, 0.6) is 0 Å². The number of aryl methyl sites for hydroxylation is 1. The van der Waals surface area contributed by atoms with Gasteiger partial charge in [-0.3, -0.25) is 0 Å². The summed E-state index contributed by atoms with van der Waals surface area (Å²) in [7, 11) is 1.95. The molecule has 2 rings (SSSR count). The van der Waals surface area contributed by atoms with E-state index in [1.54, 1.807) is 12.1 Å². The number of rotatable bonds is 4. The molecule has 0 aliphatic heterocycles. The Morgan fingerprint density at radius 2 is 1.89 bits per heavy atom. The summed E-state index contributed by atoms with van der Waals surface area (Å²) < 4.78 is 12.8. The number of nitrogens with two attached hydrogens (primary N) is 1. The summed E-state index contributed by atoms with van der Waals surface area (Å²) in [6.07, 6.45) is 0.819. The molecular weight excluding hydrogens is 243 g/mol. The molecule has 19 heavy (non-hydrogen) atoms. The van der Waals surface area contributed by atoms with Crippen LogP contribution in [0.15, 0.2) is 30.3 Å². The first-order valence-electron chi connectivity index (χ1n) is 6.11. The molecule has 0 radical (unpaired) electrons. The fourth-order valence-electron chi connectivity index (χ4n) is 1.83. The minimum absolute atomic E-state index is 0.212. The number of benzene rings is 1. The lowest BCUT2D eigenvalue weighted by Crippen LogP contribution is -2.22. The van der Waals surface area contributed by atoms with E-state index in [9.17, 15) is 4.39 Å². The van der Waals surface area contributed by atoms with Crippen LogP contribution < -0.4 is 10.6 Å². The molecule has 0 aliphatic carbocycles. The summed E-state index contributed by atoms with van der Waals surface area (Å²) in [5.41, 5.74) is 7.56. The highest BCUT2D eigenvalue weighted by Crippen LogP contribution is 2.13. The van der Waals surface area contributed by atoms with Crippen LogP contribution in [0.4, 0.5) is 16.2 Å². The van der Waals surface area contributed by atoms with Gasteiger partial charge in [0.1, 0.15) is 11.6 Å². The Morgan fingerprint density at radius 3 is 2.53 bits per heavy atom. The van der Waals surface area contributed by atoms with Crippen molar-refractivity contribution >= 4 is 11.8 Å². The second kappa shape index (κ2) is 5.65. The summed E-state index contributed by atoms with van der Waals surface area (Å²) in [5.74, 6) is 0.868. The molecule has 1 heterocycles. The predicted octanol–water partition coefficient (Wildman–Crippen LogP) is 2.19. The molecule has 0 aliphatic rings. The van der Waals surface area contributed by atoms with Gasteiger partial charge in [-0.1, -0.05) is 12.1 Å². The minimum atomic E-state index is -0.212. The molecule has 1 aromatic heterocycles. The molecule has 0 unspecified atom stereocenters. The van der Waals surface area contributed by atoms with Gasteiger partial charge in [0.05, 0.1) is 0 Å². The fraction of sp³-hybridized carbons (Fsp3) is 0.286. The average Bonchev–Trinajstić information content (AvgIpc) is 2.36. The Bertz CT molecular complexity index is 534. The van der Waals surface area contributed by atoms with E-state index in [-0.39, 0.29) is 11.8 Å². The van der Waals surface area contributed by atoms with Crippen LogP contribution in [0.25, 0.3) is 0 Å². The average molecular weight is 260 g/mol. The highest BCUT2D eigenvalue weighted by atomic mass is 19.1. The van der Waals surface area contributed by atoms with Crippen molar-refractivity contribution in [2.24, 2.45) is 0 Å². The normalized spacial score (nSPS) is 10.5. The second-order valence-corrected chi connectivity index (χ2v) is 4.52. The van der Waals surface area contributed by atoms with Crippen LogP contribution in [0.1, 0.15) is 11.3 Å². The second-order valence-electron chi connectivity index (χ2n) is 4.52. The van der Waals surface area contributed by atoms with E-state index in [0.29, 0.717) is 0 Å². The van der Waals surface area contributed by atoms with Gasteiger partial charge in [-0.05, 0) is 31.0 Å². The van der Waals surface area contributed by atoms with Gasteiger partial charge < -0.3 is 10.6 Å². The Kier molecular flexibility index (Phi) is 3.94. The summed E-state index contributed by atoms with van der Waals surface area (Å²) in [6, 6.07) is 8.43. The van der Waals surface area contributed by atoms with Crippen LogP contribution in [0.3, 0.4) is 0 Å². The zero-order chi connectivity index (χ0) is 13.8. The lowest BCUT2D eigenvalue weighted by molar-refractivity contribution is 0.627. The number of nitrogens with zero attached hydrogens (tertiary/aromatic N) is 3. The zero-order valence-corrected chi connectivity index (χ0v) is 11.1. The maximum absolute atomic E-state index is 12.8. The first kappa shape index (κ1) is 13.3. The van der Waals surface area contributed by atoms with Crippen molar-refractivity contribution in [2.45, 2.75) is 13.3 Å². The molecule has 2 aromatic rings. The molecule has 100 valence electrons. The minimum Gasteiger partial charge on any atom is -0.368 e. The number of halogens is 1. The Labute approximate surface area is 112 Å². The molecule has 0 bridgehead atoms. The van der Waals surface area contributed by atoms with Crippen LogP contribution in [0, 0.1) is 12.7 Å². The monoisotopic (exact) mass is 260 g/mol. The maximum atomic E-state index is 12.8. The van der Waals surface area contributed by atoms with Crippen molar-refractivity contribution in [3.8, 4) is 0 Å². The number of hydrogen-bond acceptors (Lipinski definition) is 4. The summed E-state index contributed by atoms with van der Waals surface area (Å²) >= 11 is 0. The summed E-state index contributed by atoms with van der Waals surface area (Å²) in [4.78, 5) is 10.2. The van der Waals surface area contributed by atoms with Crippen molar-refractivity contribution < 1.29 is 4.39 Å². The molecule has 5 heteroatoms. The van der Waals surface area contributed by atoms with Gasteiger partial charge in [-0.15, -0.1) is 0 Å². The number of hydrogen-bond donors (Lipinski definition) is 1. The fourth-order valence-corrected chi connectivity index (χ4v) is 1.83. The van der Waals surface area contributed by atoms with Crippen molar-refractivity contribution in [3.05, 3.63) is 47.4 Å². The van der Waals surface area contributed by atoms with Crippen LogP contribution in [0.2, 0.25) is 0 Å². The molecule has 0 fully saturated rings. The lowest BCUT2D eigenvalue weighted by Gasteiger charge is -2.18. The van der Waals surface area contributed by atoms with Crippen molar-refractivity contribution in [2.75, 3.05) is 24.2 Å². The molecule has 2 N–H and O–H groups in total. The SMILES string of the molecule is Cc1cc(N(C)CCc2ccc(F)cc2)nc(N)n1. The van der Waals surface area contributed by atoms with Gasteiger partial charge in [0.25, 0.3) is 0 Å². The van der Waals surface area contributed by atoms with E-state index in [2.05, 4.69) is 9.97 Å². The third kappa shape index (κ3) is 3.64. The topological polar surface area (TPSA) is 55.0 Å². The Morgan fingerprint density at radius 1 is 1.21 bits per heavy atom. The highest BCUT2D eigenvalue weighted by molar-refractivity contribution is 5.42. The van der Waals surface area contributed by atoms with E-state index in [0.717, 1.165) is 30.0 Å². The van der Waals surface area contributed by atoms with Crippen LogP contribution in [-0.4, -0.2) is 23.6 Å². The predicted molar refractivity (Wildman–Crippen MR) is 74.6 cm³/mol. The van der Waals surface area contributed by atoms with E-state index in [1.165, 1.54) is 12.1 Å². The van der Waals surface area contributed by atoms with Gasteiger partial charge in [-0.25, -0.2) is 9.37 Å². The molecule has 0 saturated carbocycles. The number of anilines is 2. The number of likely N-dealkylation sites (N-methyl/N-ethyl adjacent to an activating group) is 1. The Hall–Kier alpha value is -2.17. The van der Waals surface area contributed by atoms with E-state index >= 15 is 0 Å². The quantitative estimate of drug-likeness (QED) is 0.915. The van der Waals surface area contributed by atoms with Gasteiger partial charge in [0.2, 0.25) is 5.95 Å². The summed E-state index contributed by atoms with van der Waals surface area (Å²) in [5, 5.41) is 0. The molecule has 0 amide bonds. The Balaban J connectivity index is 2.00. The van der Waals surface area contributed by atoms with Crippen molar-refractivity contribution in [1.82, 2.24) is 9.97 Å². The van der Waals surface area contributed by atoms with Gasteiger partial charge in [-0.2, -0.15) is 4.98 Å². The molecule has 0 atom stereocenters. The molecule has 1 aromatic carbocycles. The first-order valence-corrected chi connectivity index (χ1v) is 6.11. The van der Waals surface area contributed by atoms with Gasteiger partial charge in [0, 0.05) is 25.4 Å². The van der Waals surface area contributed by atoms with Crippen LogP contribution >= 0.6 is 0 Å².